The van der Waals surface area contributed by atoms with Gasteiger partial charge in [-0.2, -0.15) is 5.26 Å². The molecule has 0 amide bonds. The standard InChI is InChI=1S/C30H27N5O4S/c1-3-39-29(36)20-35(40(37,38)28-8-4-6-22-7-5-15-32-30(22)28)25-13-14-27-23(16-25)17-26(34(27)2)19-33-24-11-9-21(18-31)10-12-24/h4-17,33H,3,19-20H2,1-2H3. The van der Waals surface area contributed by atoms with Crippen LogP contribution in [0.2, 0.25) is 0 Å². The van der Waals surface area contributed by atoms with E-state index in [0.29, 0.717) is 28.7 Å². The van der Waals surface area contributed by atoms with Crippen molar-refractivity contribution in [1.29, 1.82) is 5.26 Å². The average molecular weight is 554 g/mol. The van der Waals surface area contributed by atoms with E-state index in [0.717, 1.165) is 26.6 Å². The van der Waals surface area contributed by atoms with Gasteiger partial charge in [-0.05, 0) is 67.6 Å². The number of pyridine rings is 1. The highest BCUT2D eigenvalue weighted by atomic mass is 32.2. The lowest BCUT2D eigenvalue weighted by molar-refractivity contribution is -0.141. The molecule has 0 aliphatic rings. The summed E-state index contributed by atoms with van der Waals surface area (Å²) in [6.07, 6.45) is 1.54. The molecule has 40 heavy (non-hydrogen) atoms. The van der Waals surface area contributed by atoms with Gasteiger partial charge in [-0.15, -0.1) is 0 Å². The molecular formula is C30H27N5O4S. The van der Waals surface area contributed by atoms with Crippen LogP contribution in [0.25, 0.3) is 21.8 Å². The fraction of sp³-hybridized carbons (Fsp3) is 0.167. The number of sulfonamides is 1. The van der Waals surface area contributed by atoms with E-state index in [9.17, 15) is 13.2 Å². The zero-order valence-electron chi connectivity index (χ0n) is 22.0. The van der Waals surface area contributed by atoms with Crippen molar-refractivity contribution in [3.05, 3.63) is 96.3 Å². The van der Waals surface area contributed by atoms with Crippen molar-refractivity contribution in [1.82, 2.24) is 9.55 Å². The molecule has 202 valence electrons. The highest BCUT2D eigenvalue weighted by molar-refractivity contribution is 7.93. The van der Waals surface area contributed by atoms with Gasteiger partial charge in [0, 0.05) is 40.9 Å². The Morgan fingerprint density at radius 2 is 1.82 bits per heavy atom. The molecule has 0 aliphatic heterocycles. The predicted octanol–water partition coefficient (Wildman–Crippen LogP) is 4.97. The summed E-state index contributed by atoms with van der Waals surface area (Å²) < 4.78 is 36.3. The number of esters is 1. The second-order valence-corrected chi connectivity index (χ2v) is 11.0. The van der Waals surface area contributed by atoms with Crippen molar-refractivity contribution >= 4 is 49.2 Å². The van der Waals surface area contributed by atoms with Crippen molar-refractivity contribution in [3.8, 4) is 6.07 Å². The summed E-state index contributed by atoms with van der Waals surface area (Å²) in [5.74, 6) is -0.653. The number of rotatable bonds is 9. The number of fused-ring (bicyclic) bond motifs is 2. The number of anilines is 2. The summed E-state index contributed by atoms with van der Waals surface area (Å²) in [7, 11) is -2.25. The molecule has 0 atom stereocenters. The number of carbonyl (C=O) groups is 1. The first-order valence-corrected chi connectivity index (χ1v) is 14.1. The quantitative estimate of drug-likeness (QED) is 0.256. The second kappa shape index (κ2) is 11.1. The van der Waals surface area contributed by atoms with Crippen LogP contribution in [0.5, 0.6) is 0 Å². The number of nitriles is 1. The number of para-hydroxylation sites is 1. The van der Waals surface area contributed by atoms with Crippen LogP contribution in [0.3, 0.4) is 0 Å². The van der Waals surface area contributed by atoms with Crippen molar-refractivity contribution in [2.45, 2.75) is 18.4 Å². The molecule has 0 fully saturated rings. The van der Waals surface area contributed by atoms with Crippen molar-refractivity contribution in [2.75, 3.05) is 22.8 Å². The molecule has 0 unspecified atom stereocenters. The lowest BCUT2D eigenvalue weighted by Gasteiger charge is -2.24. The summed E-state index contributed by atoms with van der Waals surface area (Å²) in [4.78, 5) is 16.9. The molecule has 10 heteroatoms. The Bertz CT molecular complexity index is 1850. The number of benzene rings is 3. The number of carbonyl (C=O) groups excluding carboxylic acids is 1. The molecule has 0 aliphatic carbocycles. The van der Waals surface area contributed by atoms with E-state index >= 15 is 0 Å². The number of nitrogens with one attached hydrogen (secondary N) is 1. The van der Waals surface area contributed by atoms with E-state index in [-0.39, 0.29) is 11.5 Å². The van der Waals surface area contributed by atoms with Gasteiger partial charge in [0.1, 0.15) is 11.4 Å². The van der Waals surface area contributed by atoms with E-state index in [2.05, 4.69) is 16.4 Å². The first kappa shape index (κ1) is 26.7. The maximum Gasteiger partial charge on any atom is 0.326 e. The maximum atomic E-state index is 14.0. The Kier molecular flexibility index (Phi) is 7.40. The SMILES string of the molecule is CCOC(=O)CN(c1ccc2c(c1)cc(CNc1ccc(C#N)cc1)n2C)S(=O)(=O)c1cccc2cccnc12. The zero-order chi connectivity index (χ0) is 28.3. The highest BCUT2D eigenvalue weighted by Gasteiger charge is 2.30. The Hall–Kier alpha value is -4.88. The number of aromatic nitrogens is 2. The number of hydrogen-bond acceptors (Lipinski definition) is 7. The van der Waals surface area contributed by atoms with Crippen LogP contribution < -0.4 is 9.62 Å². The van der Waals surface area contributed by atoms with E-state index in [1.165, 1.54) is 6.07 Å². The van der Waals surface area contributed by atoms with Gasteiger partial charge >= 0.3 is 5.97 Å². The van der Waals surface area contributed by atoms with E-state index in [1.807, 2.05) is 35.9 Å². The first-order valence-electron chi connectivity index (χ1n) is 12.7. The largest absolute Gasteiger partial charge is 0.465 e. The minimum atomic E-state index is -4.19. The molecule has 0 bridgehead atoms. The van der Waals surface area contributed by atoms with E-state index in [4.69, 9.17) is 10.00 Å². The number of ether oxygens (including phenoxy) is 1. The lowest BCUT2D eigenvalue weighted by atomic mass is 10.2. The minimum absolute atomic E-state index is 0.00960. The highest BCUT2D eigenvalue weighted by Crippen LogP contribution is 2.31. The number of hydrogen-bond donors (Lipinski definition) is 1. The molecule has 2 heterocycles. The fourth-order valence-corrected chi connectivity index (χ4v) is 6.19. The summed E-state index contributed by atoms with van der Waals surface area (Å²) in [6, 6.07) is 25.0. The maximum absolute atomic E-state index is 14.0. The molecule has 5 rings (SSSR count). The van der Waals surface area contributed by atoms with E-state index < -0.39 is 22.5 Å². The van der Waals surface area contributed by atoms with Gasteiger partial charge in [-0.25, -0.2) is 8.42 Å². The van der Waals surface area contributed by atoms with Crippen molar-refractivity contribution in [3.63, 3.8) is 0 Å². The molecule has 0 radical (unpaired) electrons. The topological polar surface area (TPSA) is 117 Å². The fourth-order valence-electron chi connectivity index (χ4n) is 4.62. The van der Waals surface area contributed by atoms with Crippen LogP contribution >= 0.6 is 0 Å². The Balaban J connectivity index is 1.52. The second-order valence-electron chi connectivity index (χ2n) is 9.13. The smallest absolute Gasteiger partial charge is 0.326 e. The van der Waals surface area contributed by atoms with Gasteiger partial charge in [-0.1, -0.05) is 18.2 Å². The van der Waals surface area contributed by atoms with Crippen LogP contribution in [0.1, 0.15) is 18.2 Å². The Morgan fingerprint density at radius 1 is 1.05 bits per heavy atom. The minimum Gasteiger partial charge on any atom is -0.465 e. The third-order valence-electron chi connectivity index (χ3n) is 6.64. The molecular weight excluding hydrogens is 526 g/mol. The third kappa shape index (κ3) is 5.19. The third-order valence-corrected chi connectivity index (χ3v) is 8.45. The van der Waals surface area contributed by atoms with Gasteiger partial charge in [0.15, 0.2) is 0 Å². The van der Waals surface area contributed by atoms with Crippen LogP contribution in [0.4, 0.5) is 11.4 Å². The van der Waals surface area contributed by atoms with Crippen molar-refractivity contribution < 1.29 is 17.9 Å². The summed E-state index contributed by atoms with van der Waals surface area (Å²) in [5.41, 5.74) is 4.00. The number of aryl methyl sites for hydroxylation is 1. The van der Waals surface area contributed by atoms with Gasteiger partial charge in [0.2, 0.25) is 0 Å². The van der Waals surface area contributed by atoms with Gasteiger partial charge in [-0.3, -0.25) is 14.1 Å². The molecule has 1 N–H and O–H groups in total. The molecule has 2 aromatic heterocycles. The van der Waals surface area contributed by atoms with Gasteiger partial charge in [0.25, 0.3) is 10.0 Å². The molecule has 9 nitrogen and oxygen atoms in total. The predicted molar refractivity (Wildman–Crippen MR) is 154 cm³/mol. The monoisotopic (exact) mass is 553 g/mol. The molecule has 3 aromatic carbocycles. The Labute approximate surface area is 232 Å². The Morgan fingerprint density at radius 3 is 2.58 bits per heavy atom. The molecule has 5 aromatic rings. The molecule has 0 spiro atoms. The van der Waals surface area contributed by atoms with Crippen LogP contribution in [-0.4, -0.2) is 37.1 Å². The van der Waals surface area contributed by atoms with Crippen LogP contribution in [0.15, 0.2) is 90.0 Å². The number of nitrogens with zero attached hydrogens (tertiary/aromatic N) is 4. The van der Waals surface area contributed by atoms with Gasteiger partial charge in [0.05, 0.1) is 36.0 Å². The van der Waals surface area contributed by atoms with Crippen molar-refractivity contribution in [2.24, 2.45) is 7.05 Å². The summed E-state index contributed by atoms with van der Waals surface area (Å²) in [5, 5.41) is 13.9. The van der Waals surface area contributed by atoms with Crippen LogP contribution in [0, 0.1) is 11.3 Å². The first-order chi connectivity index (χ1) is 19.3. The average Bonchev–Trinajstić information content (AvgIpc) is 3.29. The van der Waals surface area contributed by atoms with Gasteiger partial charge < -0.3 is 14.6 Å². The van der Waals surface area contributed by atoms with Crippen LogP contribution in [-0.2, 0) is 33.1 Å². The molecule has 0 saturated heterocycles. The summed E-state index contributed by atoms with van der Waals surface area (Å²) in [6.45, 7) is 1.84. The van der Waals surface area contributed by atoms with E-state index in [1.54, 1.807) is 61.7 Å². The zero-order valence-corrected chi connectivity index (χ0v) is 22.9. The summed E-state index contributed by atoms with van der Waals surface area (Å²) >= 11 is 0. The molecule has 0 saturated carbocycles. The lowest BCUT2D eigenvalue weighted by Crippen LogP contribution is -2.36. The normalized spacial score (nSPS) is 11.3.